The van der Waals surface area contributed by atoms with Crippen molar-refractivity contribution in [3.8, 4) is 0 Å². The standard InChI is InChI=1S/C23H12F6N2O4/c24-22(25,26)21(23(27,28)29,13-5-1-3-7-15(13)30-17(32)9-10-18(30)33)14-6-2-4-8-16(14)31-19(34)11-12-20(31)35/h1-12H. The summed E-state index contributed by atoms with van der Waals surface area (Å²) in [6.07, 6.45) is -9.38. The van der Waals surface area contributed by atoms with Gasteiger partial charge in [0.1, 0.15) is 0 Å². The number of nitrogens with zero attached hydrogens (tertiary/aromatic N) is 2. The third kappa shape index (κ3) is 3.44. The molecule has 2 heterocycles. The fourth-order valence-electron chi connectivity index (χ4n) is 4.16. The van der Waals surface area contributed by atoms with Crippen LogP contribution in [0.25, 0.3) is 0 Å². The number of anilines is 2. The molecule has 2 aromatic rings. The number of rotatable bonds is 4. The molecular weight excluding hydrogens is 482 g/mol. The zero-order chi connectivity index (χ0) is 25.8. The van der Waals surface area contributed by atoms with E-state index in [1.54, 1.807) is 0 Å². The Bertz CT molecular complexity index is 1190. The summed E-state index contributed by atoms with van der Waals surface area (Å²) in [5.41, 5.74) is -9.71. The lowest BCUT2D eigenvalue weighted by atomic mass is 9.71. The lowest BCUT2D eigenvalue weighted by molar-refractivity contribution is -0.288. The number of imide groups is 2. The summed E-state index contributed by atoms with van der Waals surface area (Å²) in [6.45, 7) is 0. The van der Waals surface area contributed by atoms with Crippen LogP contribution >= 0.6 is 0 Å². The van der Waals surface area contributed by atoms with Crippen molar-refractivity contribution in [2.75, 3.05) is 9.80 Å². The van der Waals surface area contributed by atoms with E-state index in [9.17, 15) is 45.5 Å². The van der Waals surface area contributed by atoms with Crippen LogP contribution in [0, 0.1) is 0 Å². The molecule has 0 saturated heterocycles. The van der Waals surface area contributed by atoms with Crippen LogP contribution in [0.4, 0.5) is 37.7 Å². The van der Waals surface area contributed by atoms with Crippen LogP contribution < -0.4 is 9.80 Å². The fraction of sp³-hybridized carbons (Fsp3) is 0.130. The highest BCUT2D eigenvalue weighted by atomic mass is 19.4. The maximum absolute atomic E-state index is 14.8. The largest absolute Gasteiger partial charge is 0.411 e. The third-order valence-electron chi connectivity index (χ3n) is 5.57. The molecule has 4 amide bonds. The van der Waals surface area contributed by atoms with Gasteiger partial charge in [-0.15, -0.1) is 0 Å². The van der Waals surface area contributed by atoms with E-state index in [2.05, 4.69) is 0 Å². The van der Waals surface area contributed by atoms with Crippen molar-refractivity contribution >= 4 is 35.0 Å². The van der Waals surface area contributed by atoms with Crippen LogP contribution in [0.2, 0.25) is 0 Å². The second-order valence-corrected chi connectivity index (χ2v) is 7.47. The molecule has 0 aliphatic carbocycles. The molecule has 0 fully saturated rings. The minimum Gasteiger partial charge on any atom is -0.269 e. The summed E-state index contributed by atoms with van der Waals surface area (Å²) < 4.78 is 89.0. The molecule has 0 aromatic heterocycles. The first-order valence-electron chi connectivity index (χ1n) is 9.77. The summed E-state index contributed by atoms with van der Waals surface area (Å²) in [6, 6.07) is 6.47. The van der Waals surface area contributed by atoms with Crippen LogP contribution in [-0.4, -0.2) is 36.0 Å². The van der Waals surface area contributed by atoms with E-state index in [-0.39, 0.29) is 9.80 Å². The smallest absolute Gasteiger partial charge is 0.269 e. The van der Waals surface area contributed by atoms with Gasteiger partial charge in [0.25, 0.3) is 23.6 Å². The van der Waals surface area contributed by atoms with Gasteiger partial charge in [-0.05, 0) is 12.1 Å². The van der Waals surface area contributed by atoms with Crippen LogP contribution in [0.3, 0.4) is 0 Å². The molecule has 35 heavy (non-hydrogen) atoms. The summed E-state index contributed by atoms with van der Waals surface area (Å²) in [5, 5.41) is 0. The van der Waals surface area contributed by atoms with Crippen molar-refractivity contribution in [3.05, 3.63) is 84.0 Å². The highest BCUT2D eigenvalue weighted by Gasteiger charge is 2.74. The Morgan fingerprint density at radius 3 is 1.06 bits per heavy atom. The number of hydrogen-bond acceptors (Lipinski definition) is 4. The van der Waals surface area contributed by atoms with Crippen molar-refractivity contribution in [1.82, 2.24) is 0 Å². The van der Waals surface area contributed by atoms with Gasteiger partial charge < -0.3 is 0 Å². The van der Waals surface area contributed by atoms with Gasteiger partial charge >= 0.3 is 12.4 Å². The summed E-state index contributed by atoms with van der Waals surface area (Å²) in [4.78, 5) is 49.2. The minimum absolute atomic E-state index is 0.192. The summed E-state index contributed by atoms with van der Waals surface area (Å²) >= 11 is 0. The number of halogens is 6. The average molecular weight is 494 g/mol. The predicted molar refractivity (Wildman–Crippen MR) is 109 cm³/mol. The summed E-state index contributed by atoms with van der Waals surface area (Å²) in [7, 11) is 0. The van der Waals surface area contributed by atoms with Gasteiger partial charge in [-0.3, -0.25) is 19.2 Å². The zero-order valence-corrected chi connectivity index (χ0v) is 17.2. The number of amides is 4. The zero-order valence-electron chi connectivity index (χ0n) is 17.2. The molecule has 0 unspecified atom stereocenters. The van der Waals surface area contributed by atoms with Crippen molar-refractivity contribution in [2.24, 2.45) is 0 Å². The molecule has 2 aliphatic rings. The number of hydrogen-bond donors (Lipinski definition) is 0. The normalized spacial score (nSPS) is 16.7. The molecule has 2 aromatic carbocycles. The Kier molecular flexibility index (Phi) is 5.42. The molecule has 2 aliphatic heterocycles. The first-order valence-corrected chi connectivity index (χ1v) is 9.77. The maximum atomic E-state index is 14.8. The summed E-state index contributed by atoms with van der Waals surface area (Å²) in [5.74, 6) is -4.54. The predicted octanol–water partition coefficient (Wildman–Crippen LogP) is 3.96. The highest BCUT2D eigenvalue weighted by molar-refractivity contribution is 6.29. The van der Waals surface area contributed by atoms with E-state index in [1.165, 1.54) is 0 Å². The molecule has 180 valence electrons. The van der Waals surface area contributed by atoms with E-state index < -0.39 is 63.9 Å². The monoisotopic (exact) mass is 494 g/mol. The van der Waals surface area contributed by atoms with Crippen LogP contribution in [0.5, 0.6) is 0 Å². The van der Waals surface area contributed by atoms with Gasteiger partial charge in [0, 0.05) is 35.4 Å². The van der Waals surface area contributed by atoms with Crippen LogP contribution in [-0.2, 0) is 24.6 Å². The van der Waals surface area contributed by atoms with Gasteiger partial charge in [0.05, 0.1) is 11.4 Å². The van der Waals surface area contributed by atoms with Crippen LogP contribution in [0.15, 0.2) is 72.8 Å². The molecule has 0 atom stereocenters. The lowest BCUT2D eigenvalue weighted by Crippen LogP contribution is -2.56. The SMILES string of the molecule is O=C1C=CC(=O)N1c1ccccc1C(c1ccccc1N1C(=O)C=CC1=O)(C(F)(F)F)C(F)(F)F. The van der Waals surface area contributed by atoms with Gasteiger partial charge in [-0.25, -0.2) is 9.80 Å². The third-order valence-corrected chi connectivity index (χ3v) is 5.57. The number of benzene rings is 2. The van der Waals surface area contributed by atoms with E-state index in [0.29, 0.717) is 36.4 Å². The van der Waals surface area contributed by atoms with E-state index in [4.69, 9.17) is 0 Å². The number of para-hydroxylation sites is 2. The quantitative estimate of drug-likeness (QED) is 0.477. The van der Waals surface area contributed by atoms with E-state index in [0.717, 1.165) is 36.4 Å². The molecule has 6 nitrogen and oxygen atoms in total. The molecule has 4 rings (SSSR count). The molecule has 12 heteroatoms. The number of alkyl halides is 6. The first kappa shape index (κ1) is 23.9. The number of carbonyl (C=O) groups excluding carboxylic acids is 4. The second-order valence-electron chi connectivity index (χ2n) is 7.47. The molecular formula is C23H12F6N2O4. The topological polar surface area (TPSA) is 74.8 Å². The molecule has 0 saturated carbocycles. The van der Waals surface area contributed by atoms with Crippen LogP contribution in [0.1, 0.15) is 11.1 Å². The molecule has 0 radical (unpaired) electrons. The van der Waals surface area contributed by atoms with Crippen molar-refractivity contribution in [1.29, 1.82) is 0 Å². The molecule has 0 N–H and O–H groups in total. The molecule has 0 spiro atoms. The Labute approximate surface area is 192 Å². The van der Waals surface area contributed by atoms with Gasteiger partial charge in [0.15, 0.2) is 0 Å². The van der Waals surface area contributed by atoms with Gasteiger partial charge in [0.2, 0.25) is 5.41 Å². The Morgan fingerprint density at radius 1 is 0.486 bits per heavy atom. The Hall–Kier alpha value is -4.22. The van der Waals surface area contributed by atoms with Gasteiger partial charge in [-0.2, -0.15) is 26.3 Å². The van der Waals surface area contributed by atoms with Crippen molar-refractivity contribution in [3.63, 3.8) is 0 Å². The lowest BCUT2D eigenvalue weighted by Gasteiger charge is -2.41. The number of carbonyl (C=O) groups is 4. The van der Waals surface area contributed by atoms with Crippen molar-refractivity contribution in [2.45, 2.75) is 17.8 Å². The van der Waals surface area contributed by atoms with Gasteiger partial charge in [-0.1, -0.05) is 36.4 Å². The van der Waals surface area contributed by atoms with E-state index in [1.807, 2.05) is 0 Å². The fourth-order valence-corrected chi connectivity index (χ4v) is 4.16. The minimum atomic E-state index is -6.12. The second kappa shape index (κ2) is 7.93. The average Bonchev–Trinajstić information content (AvgIpc) is 3.27. The first-order chi connectivity index (χ1) is 16.3. The Morgan fingerprint density at radius 2 is 0.771 bits per heavy atom. The molecule has 0 bridgehead atoms. The van der Waals surface area contributed by atoms with Crippen molar-refractivity contribution < 1.29 is 45.5 Å². The van der Waals surface area contributed by atoms with E-state index >= 15 is 0 Å². The maximum Gasteiger partial charge on any atom is 0.411 e. The Balaban J connectivity index is 2.13. The highest BCUT2D eigenvalue weighted by Crippen LogP contribution is 2.60.